The summed E-state index contributed by atoms with van der Waals surface area (Å²) in [6.07, 6.45) is 0.411. The van der Waals surface area contributed by atoms with Gasteiger partial charge in [0.1, 0.15) is 5.54 Å². The van der Waals surface area contributed by atoms with E-state index in [0.29, 0.717) is 26.1 Å². The standard InChI is InChI=1S/C13H19N3O4S/c1-15-21(19,20)11-4-2-10(3-5-11)8-16-7-6-13(14,9-16)12(17)18/h2-5,15H,6-9,14H2,1H3,(H,17,18). The van der Waals surface area contributed by atoms with Crippen LogP contribution in [0.1, 0.15) is 12.0 Å². The predicted octanol–water partition coefficient (Wildman–Crippen LogP) is -0.417. The highest BCUT2D eigenvalue weighted by Crippen LogP contribution is 2.21. The first-order valence-corrected chi connectivity index (χ1v) is 8.02. The summed E-state index contributed by atoms with van der Waals surface area (Å²) in [6.45, 7) is 1.45. The van der Waals surface area contributed by atoms with E-state index in [2.05, 4.69) is 4.72 Å². The monoisotopic (exact) mass is 313 g/mol. The number of aliphatic carboxylic acids is 1. The molecule has 0 spiro atoms. The quantitative estimate of drug-likeness (QED) is 0.681. The highest BCUT2D eigenvalue weighted by atomic mass is 32.2. The van der Waals surface area contributed by atoms with Gasteiger partial charge in [-0.05, 0) is 31.2 Å². The number of hydrogen-bond acceptors (Lipinski definition) is 5. The smallest absolute Gasteiger partial charge is 0.325 e. The number of nitrogens with one attached hydrogen (secondary N) is 1. The Bertz CT molecular complexity index is 629. The van der Waals surface area contributed by atoms with Gasteiger partial charge in [-0.15, -0.1) is 0 Å². The van der Waals surface area contributed by atoms with Crippen molar-refractivity contribution in [3.05, 3.63) is 29.8 Å². The number of carbonyl (C=O) groups is 1. The molecule has 1 heterocycles. The first kappa shape index (κ1) is 15.9. The Labute approximate surface area is 123 Å². The normalized spacial score (nSPS) is 23.3. The lowest BCUT2D eigenvalue weighted by Crippen LogP contribution is -2.50. The van der Waals surface area contributed by atoms with Crippen LogP contribution in [0.4, 0.5) is 0 Å². The van der Waals surface area contributed by atoms with Crippen molar-refractivity contribution in [3.8, 4) is 0 Å². The zero-order chi connectivity index (χ0) is 15.7. The number of carboxylic acids is 1. The number of nitrogens with zero attached hydrogens (tertiary/aromatic N) is 1. The number of hydrogen-bond donors (Lipinski definition) is 3. The zero-order valence-electron chi connectivity index (χ0n) is 11.7. The van der Waals surface area contributed by atoms with E-state index in [0.717, 1.165) is 5.56 Å². The highest BCUT2D eigenvalue weighted by Gasteiger charge is 2.40. The fourth-order valence-electron chi connectivity index (χ4n) is 2.37. The van der Waals surface area contributed by atoms with Crippen LogP contribution in [0, 0.1) is 0 Å². The van der Waals surface area contributed by atoms with E-state index in [1.165, 1.54) is 19.2 Å². The summed E-state index contributed by atoms with van der Waals surface area (Å²) in [4.78, 5) is 13.2. The Kier molecular flexibility index (Phi) is 4.33. The van der Waals surface area contributed by atoms with E-state index in [1.54, 1.807) is 12.1 Å². The molecule has 1 fully saturated rings. The maximum atomic E-state index is 11.6. The zero-order valence-corrected chi connectivity index (χ0v) is 12.6. The van der Waals surface area contributed by atoms with Gasteiger partial charge in [-0.25, -0.2) is 13.1 Å². The van der Waals surface area contributed by atoms with E-state index < -0.39 is 21.5 Å². The minimum atomic E-state index is -3.43. The lowest BCUT2D eigenvalue weighted by atomic mass is 10.0. The molecule has 4 N–H and O–H groups in total. The van der Waals surface area contributed by atoms with Crippen LogP contribution in [-0.2, 0) is 21.4 Å². The summed E-state index contributed by atoms with van der Waals surface area (Å²) in [6, 6.07) is 6.51. The lowest BCUT2D eigenvalue weighted by Gasteiger charge is -2.20. The Morgan fingerprint density at radius 3 is 2.52 bits per heavy atom. The maximum absolute atomic E-state index is 11.6. The van der Waals surface area contributed by atoms with Gasteiger partial charge < -0.3 is 10.8 Å². The SMILES string of the molecule is CNS(=O)(=O)c1ccc(CN2CCC(N)(C(=O)O)C2)cc1. The van der Waals surface area contributed by atoms with Crippen LogP contribution in [-0.4, -0.2) is 50.1 Å². The van der Waals surface area contributed by atoms with Crippen molar-refractivity contribution < 1.29 is 18.3 Å². The second kappa shape index (κ2) is 5.72. The average molecular weight is 313 g/mol. The van der Waals surface area contributed by atoms with E-state index in [9.17, 15) is 13.2 Å². The Morgan fingerprint density at radius 2 is 2.05 bits per heavy atom. The van der Waals surface area contributed by atoms with Crippen LogP contribution < -0.4 is 10.5 Å². The number of sulfonamides is 1. The van der Waals surface area contributed by atoms with Crippen molar-refractivity contribution in [2.24, 2.45) is 5.73 Å². The van der Waals surface area contributed by atoms with Crippen LogP contribution >= 0.6 is 0 Å². The number of benzene rings is 1. The van der Waals surface area contributed by atoms with Gasteiger partial charge in [0.2, 0.25) is 10.0 Å². The molecule has 0 aromatic heterocycles. The first-order chi connectivity index (χ1) is 9.77. The van der Waals surface area contributed by atoms with Crippen molar-refractivity contribution in [1.82, 2.24) is 9.62 Å². The molecule has 2 rings (SSSR count). The summed E-state index contributed by atoms with van der Waals surface area (Å²) < 4.78 is 25.5. The van der Waals surface area contributed by atoms with Crippen LogP contribution in [0.3, 0.4) is 0 Å². The molecule has 8 heteroatoms. The van der Waals surface area contributed by atoms with Gasteiger partial charge in [-0.3, -0.25) is 9.69 Å². The molecule has 0 amide bonds. The highest BCUT2D eigenvalue weighted by molar-refractivity contribution is 7.89. The summed E-state index contributed by atoms with van der Waals surface area (Å²) in [5.74, 6) is -0.986. The molecule has 1 aliphatic heterocycles. The fourth-order valence-corrected chi connectivity index (χ4v) is 3.10. The fraction of sp³-hybridized carbons (Fsp3) is 0.462. The second-order valence-corrected chi connectivity index (χ2v) is 7.16. The Balaban J connectivity index is 2.04. The number of carboxylic acid groups (broad SMARTS) is 1. The average Bonchev–Trinajstić information content (AvgIpc) is 2.82. The van der Waals surface area contributed by atoms with Crippen LogP contribution in [0.25, 0.3) is 0 Å². The number of rotatable bonds is 5. The van der Waals surface area contributed by atoms with Gasteiger partial charge >= 0.3 is 5.97 Å². The molecule has 1 aliphatic rings. The third kappa shape index (κ3) is 3.41. The molecule has 0 bridgehead atoms. The largest absolute Gasteiger partial charge is 0.480 e. The van der Waals surface area contributed by atoms with E-state index in [1.807, 2.05) is 4.90 Å². The first-order valence-electron chi connectivity index (χ1n) is 6.54. The second-order valence-electron chi connectivity index (χ2n) is 5.27. The predicted molar refractivity (Wildman–Crippen MR) is 77.1 cm³/mol. The van der Waals surface area contributed by atoms with Gasteiger partial charge in [-0.2, -0.15) is 0 Å². The van der Waals surface area contributed by atoms with Gasteiger partial charge in [0.05, 0.1) is 4.90 Å². The van der Waals surface area contributed by atoms with E-state index in [-0.39, 0.29) is 4.90 Å². The van der Waals surface area contributed by atoms with Crippen LogP contribution in [0.15, 0.2) is 29.2 Å². The van der Waals surface area contributed by atoms with Crippen molar-refractivity contribution in [1.29, 1.82) is 0 Å². The summed E-state index contributed by atoms with van der Waals surface area (Å²) in [5.41, 5.74) is 5.55. The van der Waals surface area contributed by atoms with Gasteiger partial charge in [-0.1, -0.05) is 12.1 Å². The summed E-state index contributed by atoms with van der Waals surface area (Å²) >= 11 is 0. The van der Waals surface area contributed by atoms with E-state index >= 15 is 0 Å². The lowest BCUT2D eigenvalue weighted by molar-refractivity contribution is -0.142. The molecule has 0 saturated carbocycles. The van der Waals surface area contributed by atoms with Gasteiger partial charge in [0, 0.05) is 19.6 Å². The molecule has 1 unspecified atom stereocenters. The molecular formula is C13H19N3O4S. The molecule has 0 aliphatic carbocycles. The molecule has 1 aromatic rings. The molecule has 1 saturated heterocycles. The minimum absolute atomic E-state index is 0.203. The van der Waals surface area contributed by atoms with Crippen molar-refractivity contribution >= 4 is 16.0 Å². The molecular weight excluding hydrogens is 294 g/mol. The number of nitrogens with two attached hydrogens (primary N) is 1. The Hall–Kier alpha value is -1.48. The van der Waals surface area contributed by atoms with Crippen LogP contribution in [0.5, 0.6) is 0 Å². The Morgan fingerprint density at radius 1 is 1.43 bits per heavy atom. The molecule has 116 valence electrons. The molecule has 1 aromatic carbocycles. The molecule has 0 radical (unpaired) electrons. The summed E-state index contributed by atoms with van der Waals surface area (Å²) in [7, 11) is -2.07. The molecule has 7 nitrogen and oxygen atoms in total. The van der Waals surface area contributed by atoms with Gasteiger partial charge in [0.25, 0.3) is 0 Å². The minimum Gasteiger partial charge on any atom is -0.480 e. The molecule has 21 heavy (non-hydrogen) atoms. The topological polar surface area (TPSA) is 113 Å². The van der Waals surface area contributed by atoms with Crippen molar-refractivity contribution in [2.75, 3.05) is 20.1 Å². The van der Waals surface area contributed by atoms with Crippen molar-refractivity contribution in [3.63, 3.8) is 0 Å². The number of likely N-dealkylation sites (tertiary alicyclic amines) is 1. The maximum Gasteiger partial charge on any atom is 0.325 e. The summed E-state index contributed by atoms with van der Waals surface area (Å²) in [5, 5.41) is 9.08. The van der Waals surface area contributed by atoms with Gasteiger partial charge in [0.15, 0.2) is 0 Å². The third-order valence-corrected chi connectivity index (χ3v) is 5.14. The molecule has 1 atom stereocenters. The third-order valence-electron chi connectivity index (χ3n) is 3.71. The van der Waals surface area contributed by atoms with Crippen molar-refractivity contribution in [2.45, 2.75) is 23.4 Å². The van der Waals surface area contributed by atoms with E-state index in [4.69, 9.17) is 10.8 Å². The van der Waals surface area contributed by atoms with Crippen LogP contribution in [0.2, 0.25) is 0 Å².